The fraction of sp³-hybridized carbons (Fsp3) is 0.308. The molecular weight excluding hydrogens is 360 g/mol. The average Bonchev–Trinajstić information content (AvgIpc) is 2.97. The third-order valence-electron chi connectivity index (χ3n) is 2.80. The molecule has 1 amide bonds. The van der Waals surface area contributed by atoms with Crippen LogP contribution in [0.5, 0.6) is 0 Å². The number of carbonyl (C=O) groups is 1. The van der Waals surface area contributed by atoms with Gasteiger partial charge in [-0.25, -0.2) is 13.1 Å². The summed E-state index contributed by atoms with van der Waals surface area (Å²) in [5.41, 5.74) is 0.273. The zero-order valence-corrected chi connectivity index (χ0v) is 14.6. The summed E-state index contributed by atoms with van der Waals surface area (Å²) in [5, 5.41) is 10.2. The lowest BCUT2D eigenvalue weighted by molar-refractivity contribution is 0.102. The molecule has 2 aromatic rings. The van der Waals surface area contributed by atoms with Crippen LogP contribution in [0.1, 0.15) is 30.1 Å². The van der Waals surface area contributed by atoms with Gasteiger partial charge in [0.1, 0.15) is 0 Å². The molecule has 0 aliphatic heterocycles. The highest BCUT2D eigenvalue weighted by Crippen LogP contribution is 2.22. The third kappa shape index (κ3) is 4.71. The van der Waals surface area contributed by atoms with Gasteiger partial charge in [0.2, 0.25) is 9.47 Å². The number of rotatable bonds is 7. The first kappa shape index (κ1) is 17.8. The molecule has 0 saturated heterocycles. The molecule has 10 heteroatoms. The third-order valence-corrected chi connectivity index (χ3v) is 5.79. The van der Waals surface area contributed by atoms with E-state index in [-0.39, 0.29) is 15.0 Å². The van der Waals surface area contributed by atoms with Crippen LogP contribution in [-0.2, 0) is 10.0 Å². The maximum atomic E-state index is 12.1. The second-order valence-electron chi connectivity index (χ2n) is 4.56. The van der Waals surface area contributed by atoms with Gasteiger partial charge in [0.15, 0.2) is 0 Å². The number of sulfonamides is 1. The number of hydrogen-bond acceptors (Lipinski definition) is 6. The van der Waals surface area contributed by atoms with Crippen LogP contribution in [0.15, 0.2) is 28.6 Å². The number of aromatic nitrogens is 2. The standard InChI is InChI=1S/C13H15ClN4O3S2/c1-2-3-8-15-23(20,21)13-18-17-12(22-13)16-11(19)9-6-4-5-7-10(9)14/h4-7,15H,2-3,8H2,1H3,(H,16,17,19). The molecule has 1 aromatic heterocycles. The predicted molar refractivity (Wildman–Crippen MR) is 89.4 cm³/mol. The molecule has 0 bridgehead atoms. The van der Waals surface area contributed by atoms with E-state index < -0.39 is 15.9 Å². The van der Waals surface area contributed by atoms with Crippen molar-refractivity contribution in [3.05, 3.63) is 34.9 Å². The van der Waals surface area contributed by atoms with Crippen LogP contribution in [0.25, 0.3) is 0 Å². The van der Waals surface area contributed by atoms with Gasteiger partial charge in [-0.15, -0.1) is 10.2 Å². The molecule has 0 unspecified atom stereocenters. The fourth-order valence-corrected chi connectivity index (χ4v) is 3.85. The molecule has 0 atom stereocenters. The predicted octanol–water partition coefficient (Wildman–Crippen LogP) is 2.52. The summed E-state index contributed by atoms with van der Waals surface area (Å²) >= 11 is 6.71. The van der Waals surface area contributed by atoms with E-state index in [9.17, 15) is 13.2 Å². The summed E-state index contributed by atoms with van der Waals surface area (Å²) in [6, 6.07) is 6.53. The molecule has 23 heavy (non-hydrogen) atoms. The summed E-state index contributed by atoms with van der Waals surface area (Å²) in [5.74, 6) is -0.477. The van der Waals surface area contributed by atoms with E-state index in [1.807, 2.05) is 6.92 Å². The monoisotopic (exact) mass is 374 g/mol. The zero-order chi connectivity index (χ0) is 16.9. The average molecular weight is 375 g/mol. The Morgan fingerprint density at radius 1 is 1.30 bits per heavy atom. The van der Waals surface area contributed by atoms with E-state index in [1.54, 1.807) is 24.3 Å². The summed E-state index contributed by atoms with van der Waals surface area (Å²) in [7, 11) is -3.70. The second-order valence-corrected chi connectivity index (χ2v) is 7.88. The van der Waals surface area contributed by atoms with Gasteiger partial charge in [-0.05, 0) is 18.6 Å². The molecule has 0 aliphatic carbocycles. The highest BCUT2D eigenvalue weighted by Gasteiger charge is 2.21. The van der Waals surface area contributed by atoms with Gasteiger partial charge >= 0.3 is 0 Å². The largest absolute Gasteiger partial charge is 0.296 e. The van der Waals surface area contributed by atoms with Gasteiger partial charge in [0.05, 0.1) is 10.6 Å². The maximum absolute atomic E-state index is 12.1. The van der Waals surface area contributed by atoms with E-state index >= 15 is 0 Å². The minimum atomic E-state index is -3.70. The van der Waals surface area contributed by atoms with Gasteiger partial charge < -0.3 is 0 Å². The van der Waals surface area contributed by atoms with Crippen molar-refractivity contribution in [1.29, 1.82) is 0 Å². The molecule has 2 N–H and O–H groups in total. The van der Waals surface area contributed by atoms with Crippen LogP contribution < -0.4 is 10.0 Å². The number of carbonyl (C=O) groups excluding carboxylic acids is 1. The lowest BCUT2D eigenvalue weighted by Crippen LogP contribution is -2.24. The molecular formula is C13H15ClN4O3S2. The number of unbranched alkanes of at least 4 members (excludes halogenated alkanes) is 1. The fourth-order valence-electron chi connectivity index (χ4n) is 1.62. The van der Waals surface area contributed by atoms with Gasteiger partial charge in [-0.2, -0.15) is 0 Å². The molecule has 1 heterocycles. The second kappa shape index (κ2) is 7.82. The van der Waals surface area contributed by atoms with Gasteiger partial charge in [0, 0.05) is 6.54 Å². The van der Waals surface area contributed by atoms with Crippen LogP contribution in [0, 0.1) is 0 Å². The highest BCUT2D eigenvalue weighted by atomic mass is 35.5. The van der Waals surface area contributed by atoms with Crippen molar-refractivity contribution < 1.29 is 13.2 Å². The Morgan fingerprint density at radius 2 is 2.04 bits per heavy atom. The number of hydrogen-bond donors (Lipinski definition) is 2. The lowest BCUT2D eigenvalue weighted by atomic mass is 10.2. The SMILES string of the molecule is CCCCNS(=O)(=O)c1nnc(NC(=O)c2ccccc2Cl)s1. The molecule has 0 radical (unpaired) electrons. The van der Waals surface area contributed by atoms with Crippen LogP contribution in [0.4, 0.5) is 5.13 Å². The smallest absolute Gasteiger partial charge is 0.269 e. The molecule has 0 aliphatic rings. The normalized spacial score (nSPS) is 11.4. The Bertz CT molecular complexity index is 792. The Morgan fingerprint density at radius 3 is 2.74 bits per heavy atom. The zero-order valence-electron chi connectivity index (χ0n) is 12.2. The number of nitrogens with one attached hydrogen (secondary N) is 2. The summed E-state index contributed by atoms with van der Waals surface area (Å²) in [4.78, 5) is 12.1. The lowest BCUT2D eigenvalue weighted by Gasteiger charge is -2.03. The van der Waals surface area contributed by atoms with Crippen molar-refractivity contribution in [1.82, 2.24) is 14.9 Å². The van der Waals surface area contributed by atoms with E-state index in [2.05, 4.69) is 20.2 Å². The van der Waals surface area contributed by atoms with Crippen LogP contribution in [0.3, 0.4) is 0 Å². The Kier molecular flexibility index (Phi) is 6.05. The van der Waals surface area contributed by atoms with Gasteiger partial charge in [-0.3, -0.25) is 10.1 Å². The topological polar surface area (TPSA) is 101 Å². The van der Waals surface area contributed by atoms with Crippen molar-refractivity contribution in [2.24, 2.45) is 0 Å². The van der Waals surface area contributed by atoms with Crippen molar-refractivity contribution in [2.75, 3.05) is 11.9 Å². The summed E-state index contributed by atoms with van der Waals surface area (Å²) < 4.78 is 26.2. The number of nitrogens with zero attached hydrogens (tertiary/aromatic N) is 2. The van der Waals surface area contributed by atoms with Crippen molar-refractivity contribution in [3.8, 4) is 0 Å². The van der Waals surface area contributed by atoms with E-state index in [1.165, 1.54) is 0 Å². The van der Waals surface area contributed by atoms with Crippen LogP contribution in [0.2, 0.25) is 5.02 Å². The molecule has 0 fully saturated rings. The Balaban J connectivity index is 2.08. The minimum Gasteiger partial charge on any atom is -0.296 e. The molecule has 2 rings (SSSR count). The number of benzene rings is 1. The molecule has 7 nitrogen and oxygen atoms in total. The van der Waals surface area contributed by atoms with Crippen LogP contribution >= 0.6 is 22.9 Å². The van der Waals surface area contributed by atoms with Gasteiger partial charge in [0.25, 0.3) is 15.9 Å². The molecule has 0 saturated carbocycles. The quantitative estimate of drug-likeness (QED) is 0.572. The number of amides is 1. The first-order valence-corrected chi connectivity index (χ1v) is 9.51. The van der Waals surface area contributed by atoms with Crippen molar-refractivity contribution in [3.63, 3.8) is 0 Å². The number of halogens is 1. The van der Waals surface area contributed by atoms with Crippen molar-refractivity contribution in [2.45, 2.75) is 24.1 Å². The van der Waals surface area contributed by atoms with E-state index in [4.69, 9.17) is 11.6 Å². The first-order chi connectivity index (χ1) is 10.9. The Labute approximate surface area is 143 Å². The first-order valence-electron chi connectivity index (χ1n) is 6.83. The highest BCUT2D eigenvalue weighted by molar-refractivity contribution is 7.91. The summed E-state index contributed by atoms with van der Waals surface area (Å²) in [6.07, 6.45) is 1.60. The Hall–Kier alpha value is -1.55. The van der Waals surface area contributed by atoms with E-state index in [0.717, 1.165) is 24.2 Å². The molecule has 1 aromatic carbocycles. The maximum Gasteiger partial charge on any atom is 0.269 e. The van der Waals surface area contributed by atoms with Crippen molar-refractivity contribution >= 4 is 44.0 Å². The minimum absolute atomic E-state index is 0.0887. The van der Waals surface area contributed by atoms with Gasteiger partial charge in [-0.1, -0.05) is 48.4 Å². The number of anilines is 1. The molecule has 0 spiro atoms. The summed E-state index contributed by atoms with van der Waals surface area (Å²) in [6.45, 7) is 2.29. The van der Waals surface area contributed by atoms with Crippen LogP contribution in [-0.4, -0.2) is 31.1 Å². The van der Waals surface area contributed by atoms with E-state index in [0.29, 0.717) is 11.6 Å². The molecule has 124 valence electrons.